The van der Waals surface area contributed by atoms with Crippen molar-refractivity contribution >= 4 is 37.3 Å². The van der Waals surface area contributed by atoms with Crippen LogP contribution in [0.2, 0.25) is 0 Å². The van der Waals surface area contributed by atoms with Gasteiger partial charge in [-0.1, -0.05) is 18.6 Å². The SMILES string of the molecule is O=C(NOC1CCCCO1)[C@H]1CN(S(=O)(=O)CCCN2CCCCC2)CCN1S(=O)(=O)c1ccc(-c2ccc(F)cc2)s1. The normalized spacial score (nSPS) is 23.3. The topological polar surface area (TPSA) is 126 Å². The van der Waals surface area contributed by atoms with Gasteiger partial charge in [-0.25, -0.2) is 31.5 Å². The number of piperidine rings is 1. The first kappa shape index (κ1) is 32.4. The number of piperazine rings is 1. The number of nitrogens with zero attached hydrogens (tertiary/aromatic N) is 3. The Kier molecular flexibility index (Phi) is 10.9. The van der Waals surface area contributed by atoms with Gasteiger partial charge in [0.15, 0.2) is 6.29 Å². The maximum absolute atomic E-state index is 13.9. The Bertz CT molecular complexity index is 1440. The van der Waals surface area contributed by atoms with Gasteiger partial charge in [0.1, 0.15) is 16.1 Å². The molecule has 0 saturated carbocycles. The van der Waals surface area contributed by atoms with Crippen molar-refractivity contribution < 1.29 is 35.6 Å². The van der Waals surface area contributed by atoms with Crippen molar-refractivity contribution in [3.63, 3.8) is 0 Å². The summed E-state index contributed by atoms with van der Waals surface area (Å²) in [5, 5.41) is 0. The second-order valence-corrected chi connectivity index (χ2v) is 16.4. The van der Waals surface area contributed by atoms with E-state index in [9.17, 15) is 26.0 Å². The predicted molar refractivity (Wildman–Crippen MR) is 160 cm³/mol. The number of likely N-dealkylation sites (tertiary alicyclic amines) is 1. The first-order valence-corrected chi connectivity index (χ1v) is 18.6. The number of hydroxylamine groups is 1. The van der Waals surface area contributed by atoms with Crippen molar-refractivity contribution in [3.05, 3.63) is 42.2 Å². The minimum atomic E-state index is -4.19. The smallest absolute Gasteiger partial charge is 0.263 e. The number of nitrogens with one attached hydrogen (secondary N) is 1. The highest BCUT2D eigenvalue weighted by molar-refractivity contribution is 7.91. The highest BCUT2D eigenvalue weighted by Gasteiger charge is 2.44. The maximum atomic E-state index is 13.9. The van der Waals surface area contributed by atoms with Gasteiger partial charge in [0.25, 0.3) is 15.9 Å². The Morgan fingerprint density at radius 3 is 2.47 bits per heavy atom. The summed E-state index contributed by atoms with van der Waals surface area (Å²) in [6.45, 7) is 2.50. The molecular weight excluding hydrogens is 620 g/mol. The largest absolute Gasteiger partial charge is 0.350 e. The maximum Gasteiger partial charge on any atom is 0.263 e. The van der Waals surface area contributed by atoms with Gasteiger partial charge in [-0.05, 0) is 81.6 Å². The number of rotatable bonds is 11. The second-order valence-electron chi connectivity index (χ2n) is 11.1. The van der Waals surface area contributed by atoms with Gasteiger partial charge < -0.3 is 9.64 Å². The Morgan fingerprint density at radius 2 is 1.74 bits per heavy atom. The number of sulfonamides is 2. The summed E-state index contributed by atoms with van der Waals surface area (Å²) in [5.41, 5.74) is 3.00. The predicted octanol–water partition coefficient (Wildman–Crippen LogP) is 3.01. The molecule has 2 aromatic rings. The molecule has 1 N–H and O–H groups in total. The third-order valence-corrected chi connectivity index (χ3v) is 13.5. The van der Waals surface area contributed by atoms with E-state index in [1.807, 2.05) is 0 Å². The molecule has 1 aromatic carbocycles. The van der Waals surface area contributed by atoms with Crippen molar-refractivity contribution in [1.29, 1.82) is 0 Å². The molecule has 2 atom stereocenters. The average molecular weight is 659 g/mol. The lowest BCUT2D eigenvalue weighted by atomic mass is 10.1. The number of benzene rings is 1. The molecule has 1 unspecified atom stereocenters. The van der Waals surface area contributed by atoms with E-state index in [1.165, 1.54) is 28.9 Å². The standard InChI is InChI=1S/C28H39FN4O7S3/c29-23-10-8-22(9-11-23)25-12-13-27(41-25)43(37,38)33-18-17-32(42(35,36)20-6-16-31-14-3-1-4-15-31)21-24(33)28(34)30-40-26-7-2-5-19-39-26/h8-13,24,26H,1-7,14-21H2,(H,30,34)/t24-,26?/m1/s1. The molecule has 238 valence electrons. The number of thiophene rings is 1. The highest BCUT2D eigenvalue weighted by Crippen LogP contribution is 2.34. The third kappa shape index (κ3) is 8.19. The van der Waals surface area contributed by atoms with E-state index < -0.39 is 44.1 Å². The molecule has 0 radical (unpaired) electrons. The fourth-order valence-corrected chi connectivity index (χ4v) is 10.1. The molecule has 0 spiro atoms. The van der Waals surface area contributed by atoms with E-state index in [4.69, 9.17) is 9.57 Å². The van der Waals surface area contributed by atoms with Gasteiger partial charge in [0, 0.05) is 37.5 Å². The van der Waals surface area contributed by atoms with Gasteiger partial charge in [-0.3, -0.25) is 4.79 Å². The summed E-state index contributed by atoms with van der Waals surface area (Å²) in [7, 11) is -7.94. The van der Waals surface area contributed by atoms with E-state index in [0.717, 1.165) is 54.4 Å². The van der Waals surface area contributed by atoms with E-state index in [1.54, 1.807) is 18.2 Å². The monoisotopic (exact) mass is 658 g/mol. The lowest BCUT2D eigenvalue weighted by Crippen LogP contribution is -2.61. The van der Waals surface area contributed by atoms with Crippen LogP contribution in [-0.4, -0.2) is 100 Å². The number of carbonyl (C=O) groups is 1. The summed E-state index contributed by atoms with van der Waals surface area (Å²) in [6.07, 6.45) is 5.55. The fourth-order valence-electron chi connectivity index (χ4n) is 5.62. The molecule has 1 aromatic heterocycles. The van der Waals surface area contributed by atoms with Crippen LogP contribution in [0.1, 0.15) is 44.9 Å². The molecule has 0 aliphatic carbocycles. The van der Waals surface area contributed by atoms with Gasteiger partial charge in [0.2, 0.25) is 10.0 Å². The Balaban J connectivity index is 1.31. The molecule has 43 heavy (non-hydrogen) atoms. The first-order chi connectivity index (χ1) is 20.6. The molecule has 0 bridgehead atoms. The number of halogens is 1. The van der Waals surface area contributed by atoms with E-state index >= 15 is 0 Å². The fraction of sp³-hybridized carbons (Fsp3) is 0.607. The van der Waals surface area contributed by atoms with E-state index in [-0.39, 0.29) is 29.6 Å². The van der Waals surface area contributed by atoms with Crippen molar-refractivity contribution in [1.82, 2.24) is 19.0 Å². The summed E-state index contributed by atoms with van der Waals surface area (Å²) >= 11 is 1.00. The van der Waals surface area contributed by atoms with Gasteiger partial charge >= 0.3 is 0 Å². The highest BCUT2D eigenvalue weighted by atomic mass is 32.2. The van der Waals surface area contributed by atoms with Crippen LogP contribution in [0.3, 0.4) is 0 Å². The number of hydrogen-bond acceptors (Lipinski definition) is 9. The van der Waals surface area contributed by atoms with E-state index in [0.29, 0.717) is 36.4 Å². The molecule has 3 fully saturated rings. The lowest BCUT2D eigenvalue weighted by molar-refractivity contribution is -0.202. The molecule has 3 saturated heterocycles. The zero-order valence-corrected chi connectivity index (χ0v) is 26.5. The molecule has 11 nitrogen and oxygen atoms in total. The second kappa shape index (κ2) is 14.4. The van der Waals surface area contributed by atoms with Gasteiger partial charge in [-0.2, -0.15) is 8.61 Å². The molecule has 5 rings (SSSR count). The Labute approximate surface area is 257 Å². The third-order valence-electron chi connectivity index (χ3n) is 8.02. The minimum Gasteiger partial charge on any atom is -0.350 e. The average Bonchev–Trinajstić information content (AvgIpc) is 3.52. The Hall–Kier alpha value is -1.98. The number of hydrogen-bond donors (Lipinski definition) is 1. The summed E-state index contributed by atoms with van der Waals surface area (Å²) in [4.78, 5) is 21.8. The van der Waals surface area contributed by atoms with Crippen LogP contribution < -0.4 is 5.48 Å². The van der Waals surface area contributed by atoms with Crippen LogP contribution in [0.5, 0.6) is 0 Å². The Morgan fingerprint density at radius 1 is 0.977 bits per heavy atom. The van der Waals surface area contributed by atoms with Crippen LogP contribution in [0, 0.1) is 5.82 Å². The van der Waals surface area contributed by atoms with Crippen LogP contribution >= 0.6 is 11.3 Å². The van der Waals surface area contributed by atoms with E-state index in [2.05, 4.69) is 10.4 Å². The zero-order valence-electron chi connectivity index (χ0n) is 24.0. The van der Waals surface area contributed by atoms with Crippen molar-refractivity contribution in [2.75, 3.05) is 51.6 Å². The molecule has 4 heterocycles. The van der Waals surface area contributed by atoms with Crippen molar-refractivity contribution in [2.45, 2.75) is 61.5 Å². The van der Waals surface area contributed by atoms with Gasteiger partial charge in [-0.15, -0.1) is 11.3 Å². The summed E-state index contributed by atoms with van der Waals surface area (Å²) < 4.78 is 75.6. The summed E-state index contributed by atoms with van der Waals surface area (Å²) in [5.74, 6) is -1.24. The van der Waals surface area contributed by atoms with Gasteiger partial charge in [0.05, 0.1) is 5.75 Å². The zero-order chi connectivity index (χ0) is 30.5. The number of ether oxygens (including phenoxy) is 1. The molecule has 3 aliphatic rings. The first-order valence-electron chi connectivity index (χ1n) is 14.8. The summed E-state index contributed by atoms with van der Waals surface area (Å²) in [6, 6.07) is 7.45. The van der Waals surface area contributed by atoms with Crippen LogP contribution in [-0.2, 0) is 34.4 Å². The minimum absolute atomic E-state index is 0.000930. The molecule has 3 aliphatic heterocycles. The quantitative estimate of drug-likeness (QED) is 0.366. The molecular formula is C28H39FN4O7S3. The van der Waals surface area contributed by atoms with Crippen LogP contribution in [0.4, 0.5) is 4.39 Å². The number of amides is 1. The van der Waals surface area contributed by atoms with Crippen LogP contribution in [0.15, 0.2) is 40.6 Å². The lowest BCUT2D eigenvalue weighted by Gasteiger charge is -2.38. The molecule has 15 heteroatoms. The van der Waals surface area contributed by atoms with Crippen molar-refractivity contribution in [2.24, 2.45) is 0 Å². The van der Waals surface area contributed by atoms with Crippen LogP contribution in [0.25, 0.3) is 10.4 Å². The van der Waals surface area contributed by atoms with Crippen molar-refractivity contribution in [3.8, 4) is 10.4 Å². The molecule has 1 amide bonds. The number of carbonyl (C=O) groups excluding carboxylic acids is 1.